The standard InChI is InChI=1S/C9H9NO3S/c10-14(11,12)9-2-1-7-3-4-13-6-8(7)5-9/h1-5H,6H2,(H2,10,11,12). The van der Waals surface area contributed by atoms with Gasteiger partial charge in [0.25, 0.3) is 0 Å². The first-order valence-electron chi connectivity index (χ1n) is 4.01. The molecular weight excluding hydrogens is 202 g/mol. The van der Waals surface area contributed by atoms with Crippen molar-refractivity contribution in [2.24, 2.45) is 5.14 Å². The van der Waals surface area contributed by atoms with Crippen LogP contribution < -0.4 is 5.14 Å². The van der Waals surface area contributed by atoms with Gasteiger partial charge in [-0.05, 0) is 29.3 Å². The Morgan fingerprint density at radius 3 is 2.86 bits per heavy atom. The average Bonchev–Trinajstić information content (AvgIpc) is 2.16. The second kappa shape index (κ2) is 3.11. The molecule has 0 aromatic heterocycles. The monoisotopic (exact) mass is 211 g/mol. The highest BCUT2D eigenvalue weighted by Gasteiger charge is 2.11. The van der Waals surface area contributed by atoms with Crippen LogP contribution in [0, 0.1) is 0 Å². The number of fused-ring (bicyclic) bond motifs is 1. The van der Waals surface area contributed by atoms with Gasteiger partial charge in [-0.25, -0.2) is 13.6 Å². The Balaban J connectivity index is 2.55. The molecule has 2 rings (SSSR count). The zero-order valence-electron chi connectivity index (χ0n) is 7.30. The SMILES string of the molecule is NS(=O)(=O)c1ccc2c(c1)COC=C2. The molecule has 0 spiro atoms. The molecule has 74 valence electrons. The molecule has 1 aliphatic rings. The summed E-state index contributed by atoms with van der Waals surface area (Å²) in [7, 11) is -3.62. The molecule has 1 aromatic carbocycles. The van der Waals surface area contributed by atoms with Gasteiger partial charge in [0.05, 0.1) is 11.2 Å². The van der Waals surface area contributed by atoms with E-state index in [-0.39, 0.29) is 4.90 Å². The third kappa shape index (κ3) is 1.64. The first kappa shape index (κ1) is 9.23. The van der Waals surface area contributed by atoms with E-state index in [9.17, 15) is 8.42 Å². The molecule has 0 bridgehead atoms. The maximum absolute atomic E-state index is 11.0. The lowest BCUT2D eigenvalue weighted by atomic mass is 10.1. The van der Waals surface area contributed by atoms with Crippen LogP contribution in [0.4, 0.5) is 0 Å². The molecule has 2 N–H and O–H groups in total. The third-order valence-electron chi connectivity index (χ3n) is 2.03. The first-order valence-corrected chi connectivity index (χ1v) is 5.56. The zero-order valence-corrected chi connectivity index (χ0v) is 8.12. The molecule has 0 saturated heterocycles. The number of sulfonamides is 1. The third-order valence-corrected chi connectivity index (χ3v) is 2.94. The van der Waals surface area contributed by atoms with E-state index in [4.69, 9.17) is 9.88 Å². The minimum atomic E-state index is -3.62. The maximum Gasteiger partial charge on any atom is 0.238 e. The quantitative estimate of drug-likeness (QED) is 0.748. The Bertz CT molecular complexity index is 491. The highest BCUT2D eigenvalue weighted by atomic mass is 32.2. The van der Waals surface area contributed by atoms with Crippen molar-refractivity contribution in [2.75, 3.05) is 0 Å². The molecule has 1 aromatic rings. The molecule has 0 radical (unpaired) electrons. The van der Waals surface area contributed by atoms with Crippen LogP contribution in [0.1, 0.15) is 11.1 Å². The van der Waals surface area contributed by atoms with Crippen LogP contribution in [0.25, 0.3) is 6.08 Å². The van der Waals surface area contributed by atoms with Crippen molar-refractivity contribution in [2.45, 2.75) is 11.5 Å². The first-order chi connectivity index (χ1) is 6.57. The number of primary sulfonamides is 1. The summed E-state index contributed by atoms with van der Waals surface area (Å²) in [5, 5.41) is 5.00. The van der Waals surface area contributed by atoms with Gasteiger partial charge in [-0.2, -0.15) is 0 Å². The maximum atomic E-state index is 11.0. The second-order valence-electron chi connectivity index (χ2n) is 3.02. The molecule has 14 heavy (non-hydrogen) atoms. The fourth-order valence-corrected chi connectivity index (χ4v) is 1.87. The zero-order chi connectivity index (χ0) is 10.2. The fourth-order valence-electron chi connectivity index (χ4n) is 1.31. The number of hydrogen-bond donors (Lipinski definition) is 1. The van der Waals surface area contributed by atoms with E-state index in [0.717, 1.165) is 11.1 Å². The minimum absolute atomic E-state index is 0.121. The lowest BCUT2D eigenvalue weighted by Gasteiger charge is -2.12. The lowest BCUT2D eigenvalue weighted by molar-refractivity contribution is 0.234. The summed E-state index contributed by atoms with van der Waals surface area (Å²) < 4.78 is 27.1. The smallest absolute Gasteiger partial charge is 0.238 e. The molecule has 0 atom stereocenters. The highest BCUT2D eigenvalue weighted by molar-refractivity contribution is 7.89. The topological polar surface area (TPSA) is 69.4 Å². The van der Waals surface area contributed by atoms with Crippen LogP contribution in [0.3, 0.4) is 0 Å². The van der Waals surface area contributed by atoms with Crippen LogP contribution in [-0.2, 0) is 21.4 Å². The Morgan fingerprint density at radius 2 is 2.14 bits per heavy atom. The van der Waals surface area contributed by atoms with Gasteiger partial charge in [-0.15, -0.1) is 0 Å². The molecule has 0 saturated carbocycles. The molecule has 1 heterocycles. The highest BCUT2D eigenvalue weighted by Crippen LogP contribution is 2.20. The Hall–Kier alpha value is -1.33. The Morgan fingerprint density at radius 1 is 1.36 bits per heavy atom. The van der Waals surface area contributed by atoms with Crippen LogP contribution in [0.2, 0.25) is 0 Å². The van der Waals surface area contributed by atoms with Gasteiger partial charge >= 0.3 is 0 Å². The van der Waals surface area contributed by atoms with Gasteiger partial charge in [-0.1, -0.05) is 6.07 Å². The van der Waals surface area contributed by atoms with E-state index < -0.39 is 10.0 Å². The van der Waals surface area contributed by atoms with Crippen LogP contribution in [0.5, 0.6) is 0 Å². The van der Waals surface area contributed by atoms with Crippen molar-refractivity contribution in [3.05, 3.63) is 35.6 Å². The van der Waals surface area contributed by atoms with Crippen LogP contribution in [0.15, 0.2) is 29.4 Å². The van der Waals surface area contributed by atoms with E-state index in [1.54, 1.807) is 18.4 Å². The van der Waals surface area contributed by atoms with Crippen molar-refractivity contribution >= 4 is 16.1 Å². The van der Waals surface area contributed by atoms with Gasteiger partial charge < -0.3 is 4.74 Å². The Labute approximate surface area is 82.0 Å². The molecule has 5 heteroatoms. The number of nitrogens with two attached hydrogens (primary N) is 1. The van der Waals surface area contributed by atoms with E-state index in [0.29, 0.717) is 6.61 Å². The molecule has 1 aliphatic heterocycles. The average molecular weight is 211 g/mol. The minimum Gasteiger partial charge on any atom is -0.496 e. The summed E-state index contributed by atoms with van der Waals surface area (Å²) in [5.74, 6) is 0. The Kier molecular flexibility index (Phi) is 2.05. The fraction of sp³-hybridized carbons (Fsp3) is 0.111. The molecule has 4 nitrogen and oxygen atoms in total. The molecular formula is C9H9NO3S. The number of hydrogen-bond acceptors (Lipinski definition) is 3. The van der Waals surface area contributed by atoms with Crippen molar-refractivity contribution in [3.63, 3.8) is 0 Å². The second-order valence-corrected chi connectivity index (χ2v) is 4.58. The van der Waals surface area contributed by atoms with Crippen molar-refractivity contribution in [3.8, 4) is 0 Å². The van der Waals surface area contributed by atoms with Crippen LogP contribution in [-0.4, -0.2) is 8.42 Å². The van der Waals surface area contributed by atoms with Gasteiger partial charge in [0.15, 0.2) is 0 Å². The van der Waals surface area contributed by atoms with Crippen molar-refractivity contribution in [1.82, 2.24) is 0 Å². The number of benzene rings is 1. The molecule has 0 fully saturated rings. The largest absolute Gasteiger partial charge is 0.496 e. The van der Waals surface area contributed by atoms with E-state index in [2.05, 4.69) is 0 Å². The summed E-state index contributed by atoms with van der Waals surface area (Å²) in [4.78, 5) is 0.121. The van der Waals surface area contributed by atoms with Crippen molar-refractivity contribution in [1.29, 1.82) is 0 Å². The molecule has 0 unspecified atom stereocenters. The predicted octanol–water partition coefficient (Wildman–Crippen LogP) is 0.835. The summed E-state index contributed by atoms with van der Waals surface area (Å²) in [5.41, 5.74) is 1.79. The molecule has 0 aliphatic carbocycles. The lowest BCUT2D eigenvalue weighted by Crippen LogP contribution is -2.13. The number of ether oxygens (including phenoxy) is 1. The van der Waals surface area contributed by atoms with E-state index in [1.165, 1.54) is 12.1 Å². The number of rotatable bonds is 1. The van der Waals surface area contributed by atoms with E-state index in [1.807, 2.05) is 0 Å². The summed E-state index contributed by atoms with van der Waals surface area (Å²) in [6.07, 6.45) is 3.37. The van der Waals surface area contributed by atoms with Gasteiger partial charge in [0, 0.05) is 0 Å². The summed E-state index contributed by atoms with van der Waals surface area (Å²) in [6.45, 7) is 0.384. The summed E-state index contributed by atoms with van der Waals surface area (Å²) in [6, 6.07) is 4.74. The summed E-state index contributed by atoms with van der Waals surface area (Å²) >= 11 is 0. The normalized spacial score (nSPS) is 14.6. The van der Waals surface area contributed by atoms with Crippen LogP contribution >= 0.6 is 0 Å². The predicted molar refractivity (Wildman–Crippen MR) is 51.6 cm³/mol. The van der Waals surface area contributed by atoms with Gasteiger partial charge in [-0.3, -0.25) is 0 Å². The van der Waals surface area contributed by atoms with Crippen molar-refractivity contribution < 1.29 is 13.2 Å². The van der Waals surface area contributed by atoms with E-state index >= 15 is 0 Å². The molecule has 0 amide bonds. The van der Waals surface area contributed by atoms with Gasteiger partial charge in [0.1, 0.15) is 6.61 Å². The van der Waals surface area contributed by atoms with Gasteiger partial charge in [0.2, 0.25) is 10.0 Å².